The lowest BCUT2D eigenvalue weighted by Gasteiger charge is -2.29. The van der Waals surface area contributed by atoms with Gasteiger partial charge in [0.15, 0.2) is 0 Å². The van der Waals surface area contributed by atoms with E-state index in [-0.39, 0.29) is 17.6 Å². The Morgan fingerprint density at radius 1 is 1.11 bits per heavy atom. The first kappa shape index (κ1) is 25.0. The van der Waals surface area contributed by atoms with Gasteiger partial charge in [-0.15, -0.1) is 0 Å². The van der Waals surface area contributed by atoms with E-state index in [2.05, 4.69) is 15.3 Å². The Bertz CT molecular complexity index is 1500. The Balaban J connectivity index is 1.33. The highest BCUT2D eigenvalue weighted by Crippen LogP contribution is 2.29. The van der Waals surface area contributed by atoms with Crippen molar-refractivity contribution in [2.75, 3.05) is 7.11 Å². The van der Waals surface area contributed by atoms with Crippen molar-refractivity contribution < 1.29 is 9.53 Å². The molecule has 1 saturated carbocycles. The number of methoxy groups -OCH3 is 1. The maximum atomic E-state index is 13.7. The number of nitrogens with zero attached hydrogens (tertiary/aromatic N) is 4. The molecule has 1 fully saturated rings. The van der Waals surface area contributed by atoms with Crippen LogP contribution in [0.4, 0.5) is 0 Å². The molecule has 1 amide bonds. The number of carbonyl (C=O) groups is 1. The van der Waals surface area contributed by atoms with Crippen molar-refractivity contribution in [1.82, 2.24) is 24.4 Å². The van der Waals surface area contributed by atoms with Crippen LogP contribution in [0.25, 0.3) is 16.7 Å². The molecule has 37 heavy (non-hydrogen) atoms. The highest BCUT2D eigenvalue weighted by atomic mass is 35.5. The molecule has 8 nitrogen and oxygen atoms in total. The molecular formula is C28H30ClN5O3. The Morgan fingerprint density at radius 3 is 2.59 bits per heavy atom. The maximum absolute atomic E-state index is 13.7. The summed E-state index contributed by atoms with van der Waals surface area (Å²) in [6, 6.07) is 11.3. The van der Waals surface area contributed by atoms with Crippen molar-refractivity contribution in [3.8, 4) is 11.6 Å². The molecule has 3 aromatic heterocycles. The monoisotopic (exact) mass is 519 g/mol. The smallest absolute Gasteiger partial charge is 0.333 e. The second-order valence-corrected chi connectivity index (χ2v) is 10.1. The summed E-state index contributed by atoms with van der Waals surface area (Å²) in [5, 5.41) is 3.59. The average molecular weight is 520 g/mol. The van der Waals surface area contributed by atoms with Crippen LogP contribution in [0.3, 0.4) is 0 Å². The Kier molecular flexibility index (Phi) is 7.02. The molecule has 3 heterocycles. The van der Waals surface area contributed by atoms with Crippen LogP contribution < -0.4 is 15.7 Å². The van der Waals surface area contributed by atoms with Crippen LogP contribution in [0.15, 0.2) is 53.6 Å². The third-order valence-corrected chi connectivity index (χ3v) is 7.47. The van der Waals surface area contributed by atoms with Gasteiger partial charge in [-0.05, 0) is 69.2 Å². The molecule has 1 N–H and O–H groups in total. The summed E-state index contributed by atoms with van der Waals surface area (Å²) in [4.78, 5) is 35.0. The number of aryl methyl sites for hydroxylation is 2. The van der Waals surface area contributed by atoms with E-state index < -0.39 is 0 Å². The highest BCUT2D eigenvalue weighted by molar-refractivity contribution is 6.30. The van der Waals surface area contributed by atoms with Crippen LogP contribution in [-0.4, -0.2) is 38.2 Å². The molecular weight excluding hydrogens is 490 g/mol. The first-order chi connectivity index (χ1) is 17.9. The minimum Gasteiger partial charge on any atom is -0.481 e. The lowest BCUT2D eigenvalue weighted by Crippen LogP contribution is -2.39. The number of hydrogen-bond donors (Lipinski definition) is 1. The predicted octanol–water partition coefficient (Wildman–Crippen LogP) is 4.85. The lowest BCUT2D eigenvalue weighted by molar-refractivity contribution is 0.0919. The van der Waals surface area contributed by atoms with E-state index in [9.17, 15) is 9.59 Å². The van der Waals surface area contributed by atoms with Crippen LogP contribution in [0.5, 0.6) is 5.88 Å². The van der Waals surface area contributed by atoms with Crippen molar-refractivity contribution in [3.05, 3.63) is 81.1 Å². The van der Waals surface area contributed by atoms with Gasteiger partial charge in [-0.2, -0.15) is 0 Å². The zero-order valence-corrected chi connectivity index (χ0v) is 22.0. The Morgan fingerprint density at radius 2 is 1.89 bits per heavy atom. The van der Waals surface area contributed by atoms with Gasteiger partial charge in [0.25, 0.3) is 5.91 Å². The number of nitrogens with one attached hydrogen (secondary N) is 1. The number of carbonyl (C=O) groups excluding carboxylic acids is 1. The zero-order valence-electron chi connectivity index (χ0n) is 21.2. The molecule has 0 spiro atoms. The van der Waals surface area contributed by atoms with E-state index in [4.69, 9.17) is 16.3 Å². The zero-order chi connectivity index (χ0) is 26.1. The number of rotatable bonds is 6. The SMILES string of the molecule is COc1ccc(-n2c(=O)n(C[C@H]3CC[C@H](NC(=O)c4cc(Cl)cnc4C)CC3)c3c(C)cccc32)cn1. The molecule has 0 unspecified atom stereocenters. The second-order valence-electron chi connectivity index (χ2n) is 9.71. The van der Waals surface area contributed by atoms with Crippen molar-refractivity contribution in [2.45, 2.75) is 52.1 Å². The number of pyridine rings is 2. The average Bonchev–Trinajstić information content (AvgIpc) is 3.18. The quantitative estimate of drug-likeness (QED) is 0.393. The molecule has 0 bridgehead atoms. The second kappa shape index (κ2) is 10.4. The molecule has 192 valence electrons. The van der Waals surface area contributed by atoms with Crippen LogP contribution in [0, 0.1) is 19.8 Å². The van der Waals surface area contributed by atoms with Gasteiger partial charge in [-0.3, -0.25) is 18.9 Å². The van der Waals surface area contributed by atoms with Crippen LogP contribution >= 0.6 is 11.6 Å². The van der Waals surface area contributed by atoms with Crippen LogP contribution in [-0.2, 0) is 6.54 Å². The first-order valence-electron chi connectivity index (χ1n) is 12.5. The largest absolute Gasteiger partial charge is 0.481 e. The van der Waals surface area contributed by atoms with Gasteiger partial charge >= 0.3 is 5.69 Å². The Hall–Kier alpha value is -3.65. The molecule has 1 aliphatic carbocycles. The normalized spacial score (nSPS) is 17.6. The Labute approximate surface area is 220 Å². The lowest BCUT2D eigenvalue weighted by atomic mass is 9.85. The summed E-state index contributed by atoms with van der Waals surface area (Å²) >= 11 is 6.04. The van der Waals surface area contributed by atoms with Gasteiger partial charge in [0.05, 0.1) is 46.3 Å². The molecule has 9 heteroatoms. The number of benzene rings is 1. The summed E-state index contributed by atoms with van der Waals surface area (Å²) in [5.74, 6) is 0.703. The minimum atomic E-state index is -0.140. The van der Waals surface area contributed by atoms with Crippen LogP contribution in [0.1, 0.15) is 47.3 Å². The molecule has 5 rings (SSSR count). The van der Waals surface area contributed by atoms with Crippen molar-refractivity contribution in [2.24, 2.45) is 5.92 Å². The molecule has 1 aromatic carbocycles. The van der Waals surface area contributed by atoms with E-state index in [1.54, 1.807) is 43.1 Å². The first-order valence-corrected chi connectivity index (χ1v) is 12.9. The summed E-state index contributed by atoms with van der Waals surface area (Å²) in [6.07, 6.45) is 6.78. The van der Waals surface area contributed by atoms with E-state index in [0.29, 0.717) is 40.3 Å². The van der Waals surface area contributed by atoms with Gasteiger partial charge in [0.2, 0.25) is 5.88 Å². The number of fused-ring (bicyclic) bond motifs is 1. The number of ether oxygens (including phenoxy) is 1. The van der Waals surface area contributed by atoms with Gasteiger partial charge in [-0.25, -0.2) is 9.78 Å². The molecule has 0 aliphatic heterocycles. The summed E-state index contributed by atoms with van der Waals surface area (Å²) in [5.41, 5.74) is 4.67. The van der Waals surface area contributed by atoms with Crippen molar-refractivity contribution in [3.63, 3.8) is 0 Å². The summed E-state index contributed by atoms with van der Waals surface area (Å²) in [7, 11) is 1.57. The van der Waals surface area contributed by atoms with Gasteiger partial charge in [0, 0.05) is 24.8 Å². The number of aromatic nitrogens is 4. The van der Waals surface area contributed by atoms with E-state index in [1.165, 1.54) is 0 Å². The highest BCUT2D eigenvalue weighted by Gasteiger charge is 2.26. The number of halogens is 1. The minimum absolute atomic E-state index is 0.0735. The number of para-hydroxylation sites is 1. The number of imidazole rings is 1. The fourth-order valence-electron chi connectivity index (χ4n) is 5.29. The van der Waals surface area contributed by atoms with Crippen LogP contribution in [0.2, 0.25) is 5.02 Å². The van der Waals surface area contributed by atoms with E-state index in [1.807, 2.05) is 35.8 Å². The van der Waals surface area contributed by atoms with Crippen molar-refractivity contribution >= 4 is 28.5 Å². The molecule has 0 radical (unpaired) electrons. The molecule has 4 aromatic rings. The number of amides is 1. The third-order valence-electron chi connectivity index (χ3n) is 7.26. The number of hydrogen-bond acceptors (Lipinski definition) is 5. The standard InChI is InChI=1S/C28H30ClN5O3/c1-17-5-4-6-24-26(17)33(28(36)34(24)22-11-12-25(37-3)31-15-22)16-19-7-9-21(10-8-19)32-27(35)23-13-20(29)14-30-18(23)2/h4-6,11-15,19,21H,7-10,16H2,1-3H3,(H,32,35)/t19-,21-. The fraction of sp³-hybridized carbons (Fsp3) is 0.357. The summed E-state index contributed by atoms with van der Waals surface area (Å²) in [6.45, 7) is 4.48. The van der Waals surface area contributed by atoms with Gasteiger partial charge in [-0.1, -0.05) is 23.7 Å². The van der Waals surface area contributed by atoms with E-state index >= 15 is 0 Å². The van der Waals surface area contributed by atoms with Gasteiger partial charge < -0.3 is 10.1 Å². The fourth-order valence-corrected chi connectivity index (χ4v) is 5.44. The molecule has 1 aliphatic rings. The topological polar surface area (TPSA) is 91.0 Å². The summed E-state index contributed by atoms with van der Waals surface area (Å²) < 4.78 is 8.80. The predicted molar refractivity (Wildman–Crippen MR) is 144 cm³/mol. The van der Waals surface area contributed by atoms with Crippen molar-refractivity contribution in [1.29, 1.82) is 0 Å². The third kappa shape index (κ3) is 4.98. The van der Waals surface area contributed by atoms with E-state index in [0.717, 1.165) is 42.3 Å². The van der Waals surface area contributed by atoms with Gasteiger partial charge in [0.1, 0.15) is 0 Å². The molecule has 0 atom stereocenters. The molecule has 0 saturated heterocycles. The maximum Gasteiger partial charge on any atom is 0.333 e.